The van der Waals surface area contributed by atoms with Crippen LogP contribution in [0, 0.1) is 0 Å². The van der Waals surface area contributed by atoms with Crippen molar-refractivity contribution in [1.82, 2.24) is 24.6 Å². The molecule has 2 aromatic heterocycles. The van der Waals surface area contributed by atoms with Crippen LogP contribution in [-0.4, -0.2) is 50.3 Å². The number of rotatable bonds is 13. The van der Waals surface area contributed by atoms with Crippen molar-refractivity contribution in [3.05, 3.63) is 90.8 Å². The van der Waals surface area contributed by atoms with Crippen LogP contribution < -0.4 is 15.3 Å². The van der Waals surface area contributed by atoms with Gasteiger partial charge in [-0.3, -0.25) is 13.9 Å². The van der Waals surface area contributed by atoms with Crippen molar-refractivity contribution < 1.29 is 32.5 Å². The smallest absolute Gasteiger partial charge is 0.342 e. The van der Waals surface area contributed by atoms with Crippen molar-refractivity contribution in [2.75, 3.05) is 12.1 Å². The number of esters is 1. The van der Waals surface area contributed by atoms with Crippen LogP contribution in [0.25, 0.3) is 11.2 Å². The number of aromatic nitrogens is 4. The lowest BCUT2D eigenvalue weighted by molar-refractivity contribution is -0.150. The number of ether oxygens (including phenoxy) is 3. The molecule has 0 fully saturated rings. The average Bonchev–Trinajstić information content (AvgIpc) is 3.60. The normalized spacial score (nSPS) is 19.4. The summed E-state index contributed by atoms with van der Waals surface area (Å²) in [5, 5.41) is 2.88. The summed E-state index contributed by atoms with van der Waals surface area (Å²) in [5.74, 6) is -0.843. The first kappa shape index (κ1) is 30.3. The highest BCUT2D eigenvalue weighted by atomic mass is 31.2. The molecular weight excluding hydrogens is 578 g/mol. The Morgan fingerprint density at radius 2 is 1.86 bits per heavy atom. The van der Waals surface area contributed by atoms with Crippen molar-refractivity contribution in [1.29, 1.82) is 0 Å². The molecule has 12 nitrogen and oxygen atoms in total. The number of hydrogen-bond donors (Lipinski definition) is 2. The van der Waals surface area contributed by atoms with Gasteiger partial charge in [-0.2, -0.15) is 0 Å². The molecule has 0 saturated heterocycles. The Bertz CT molecular complexity index is 1620. The molecule has 0 saturated carbocycles. The van der Waals surface area contributed by atoms with Gasteiger partial charge in [0.25, 0.3) is 0 Å². The number of carbonyl (C=O) groups is 1. The molecule has 1 aliphatic rings. The van der Waals surface area contributed by atoms with Crippen molar-refractivity contribution in [3.8, 4) is 5.75 Å². The summed E-state index contributed by atoms with van der Waals surface area (Å²) >= 11 is 0. The third-order valence-electron chi connectivity index (χ3n) is 6.65. The second-order valence-electron chi connectivity index (χ2n) is 9.89. The van der Waals surface area contributed by atoms with Gasteiger partial charge in [-0.25, -0.2) is 24.4 Å². The Kier molecular flexibility index (Phi) is 9.46. The molecule has 2 aromatic carbocycles. The first-order valence-corrected chi connectivity index (χ1v) is 15.5. The number of nitrogens with zero attached hydrogens (tertiary/aromatic N) is 4. The number of benzene rings is 2. The summed E-state index contributed by atoms with van der Waals surface area (Å²) in [7, 11) is -4.00. The minimum atomic E-state index is -4.00. The van der Waals surface area contributed by atoms with Gasteiger partial charge < -0.3 is 24.5 Å². The molecule has 1 aliphatic heterocycles. The van der Waals surface area contributed by atoms with Crippen LogP contribution in [0.5, 0.6) is 5.75 Å². The number of nitrogens with one attached hydrogen (secondary N) is 1. The molecule has 0 radical (unpaired) electrons. The fraction of sp³-hybridized carbons (Fsp3) is 0.310. The number of fused-ring (bicyclic) bond motifs is 1. The summed E-state index contributed by atoms with van der Waals surface area (Å²) < 4.78 is 53.8. The molecule has 0 aliphatic carbocycles. The Morgan fingerprint density at radius 1 is 1.14 bits per heavy atom. The number of halogens is 1. The van der Waals surface area contributed by atoms with E-state index in [1.165, 1.54) is 17.2 Å². The molecule has 2 unspecified atom stereocenters. The van der Waals surface area contributed by atoms with Crippen LogP contribution in [0.1, 0.15) is 32.1 Å². The topological polar surface area (TPSA) is 153 Å². The van der Waals surface area contributed by atoms with E-state index in [4.69, 9.17) is 24.5 Å². The highest BCUT2D eigenvalue weighted by molar-refractivity contribution is 7.57. The molecule has 3 heterocycles. The van der Waals surface area contributed by atoms with Gasteiger partial charge >= 0.3 is 13.5 Å². The zero-order valence-corrected chi connectivity index (χ0v) is 24.5. The number of anilines is 1. The second kappa shape index (κ2) is 13.4. The van der Waals surface area contributed by atoms with E-state index in [0.717, 1.165) is 11.6 Å². The molecule has 3 N–H and O–H groups in total. The molecule has 5 rings (SSSR count). The summed E-state index contributed by atoms with van der Waals surface area (Å²) in [6.07, 6.45) is 1.05. The highest BCUT2D eigenvalue weighted by Crippen LogP contribution is 2.45. The fourth-order valence-corrected chi connectivity index (χ4v) is 5.97. The summed E-state index contributed by atoms with van der Waals surface area (Å²) in [5.41, 5.74) is 7.23. The Balaban J connectivity index is 1.35. The summed E-state index contributed by atoms with van der Waals surface area (Å²) in [6.45, 7) is 3.67. The number of nitrogens with two attached hydrogens (primary N) is 1. The van der Waals surface area contributed by atoms with Gasteiger partial charge in [-0.15, -0.1) is 0 Å². The van der Waals surface area contributed by atoms with Gasteiger partial charge in [-0.05, 0) is 37.5 Å². The van der Waals surface area contributed by atoms with Gasteiger partial charge in [0.15, 0.2) is 36.2 Å². The van der Waals surface area contributed by atoms with Crippen LogP contribution in [-0.2, 0) is 30.0 Å². The van der Waals surface area contributed by atoms with Crippen molar-refractivity contribution >= 4 is 30.5 Å². The molecule has 43 heavy (non-hydrogen) atoms. The van der Waals surface area contributed by atoms with Crippen LogP contribution in [0.2, 0.25) is 0 Å². The van der Waals surface area contributed by atoms with E-state index >= 15 is 4.39 Å². The van der Waals surface area contributed by atoms with Crippen molar-refractivity contribution in [3.63, 3.8) is 0 Å². The van der Waals surface area contributed by atoms with Gasteiger partial charge in [0, 0.05) is 6.08 Å². The third kappa shape index (κ3) is 7.44. The third-order valence-corrected chi connectivity index (χ3v) is 8.35. The lowest BCUT2D eigenvalue weighted by atomic mass is 10.1. The zero-order chi connectivity index (χ0) is 30.4. The van der Waals surface area contributed by atoms with Crippen LogP contribution in [0.4, 0.5) is 10.2 Å². The minimum Gasteiger partial charge on any atom is -0.462 e. The van der Waals surface area contributed by atoms with E-state index in [9.17, 15) is 9.36 Å². The first-order chi connectivity index (χ1) is 20.7. The largest absolute Gasteiger partial charge is 0.462 e. The molecule has 4 aromatic rings. The quantitative estimate of drug-likeness (QED) is 0.157. The van der Waals surface area contributed by atoms with E-state index in [1.807, 2.05) is 37.3 Å². The lowest BCUT2D eigenvalue weighted by Crippen LogP contribution is -2.41. The Morgan fingerprint density at radius 3 is 2.58 bits per heavy atom. The maximum atomic E-state index is 15.1. The molecule has 226 valence electrons. The van der Waals surface area contributed by atoms with Gasteiger partial charge in [0.05, 0.1) is 12.4 Å². The number of nitrogen functional groups attached to an aromatic ring is 1. The highest BCUT2D eigenvalue weighted by Gasteiger charge is 2.37. The maximum Gasteiger partial charge on any atom is 0.342 e. The molecule has 14 heteroatoms. The van der Waals surface area contributed by atoms with E-state index < -0.39 is 44.2 Å². The molecular formula is C29H32FN6O6P. The van der Waals surface area contributed by atoms with Crippen LogP contribution in [0.15, 0.2) is 85.2 Å². The standard InChI is InChI=1S/C29H32FN6O6P/c1-3-19(2)40-29(37)23(14-20-10-6-4-7-11-20)35-43(38,42-21-12-8-5-9-13-21)18-39-24-15-22(30)28(41-24)36-17-34-25-26(31)32-16-33-27(25)36/h4-13,15-17,19,23-24,28H,3,14,18H2,1-2H3,(H,35,38)(H2,31,32,33)/t19-,23?,24-,28+,43?/m0/s1. The predicted molar refractivity (Wildman–Crippen MR) is 156 cm³/mol. The van der Waals surface area contributed by atoms with E-state index in [-0.39, 0.29) is 29.7 Å². The SMILES string of the molecule is CC[C@H](C)OC(=O)C(Cc1ccccc1)NP(=O)(CO[C@@H]1C=C(F)[C@H](n2cnc3c(N)ncnc32)O1)Oc1ccccc1. The van der Waals surface area contributed by atoms with Gasteiger partial charge in [0.2, 0.25) is 0 Å². The maximum absolute atomic E-state index is 15.1. The van der Waals surface area contributed by atoms with Crippen LogP contribution in [0.3, 0.4) is 0 Å². The van der Waals surface area contributed by atoms with E-state index in [0.29, 0.717) is 11.9 Å². The zero-order valence-electron chi connectivity index (χ0n) is 23.6. The van der Waals surface area contributed by atoms with E-state index in [1.54, 1.807) is 37.3 Å². The minimum absolute atomic E-state index is 0.140. The summed E-state index contributed by atoms with van der Waals surface area (Å²) in [4.78, 5) is 25.4. The molecule has 0 bridgehead atoms. The number of carbonyl (C=O) groups excluding carboxylic acids is 1. The second-order valence-corrected chi connectivity index (χ2v) is 11.9. The van der Waals surface area contributed by atoms with E-state index in [2.05, 4.69) is 20.0 Å². The van der Waals surface area contributed by atoms with Crippen molar-refractivity contribution in [2.24, 2.45) is 0 Å². The monoisotopic (exact) mass is 610 g/mol. The lowest BCUT2D eigenvalue weighted by Gasteiger charge is -2.27. The van der Waals surface area contributed by atoms with Gasteiger partial charge in [0.1, 0.15) is 23.6 Å². The number of hydrogen-bond acceptors (Lipinski definition) is 10. The first-order valence-electron chi connectivity index (χ1n) is 13.7. The molecule has 0 spiro atoms. The number of imidazole rings is 1. The van der Waals surface area contributed by atoms with Gasteiger partial charge in [-0.1, -0.05) is 55.5 Å². The number of para-hydroxylation sites is 1. The Hall–Kier alpha value is -4.16. The summed E-state index contributed by atoms with van der Waals surface area (Å²) in [6, 6.07) is 16.7. The molecule has 0 amide bonds. The van der Waals surface area contributed by atoms with Crippen molar-refractivity contribution in [2.45, 2.75) is 51.4 Å². The Labute approximate surface area is 247 Å². The molecule has 5 atom stereocenters. The fourth-order valence-electron chi connectivity index (χ4n) is 4.32. The van der Waals surface area contributed by atoms with Crippen LogP contribution >= 0.6 is 7.52 Å². The average molecular weight is 611 g/mol. The predicted octanol–water partition coefficient (Wildman–Crippen LogP) is 4.91.